The predicted molar refractivity (Wildman–Crippen MR) is 78.4 cm³/mol. The van der Waals surface area contributed by atoms with Crippen molar-refractivity contribution in [1.82, 2.24) is 15.5 Å². The Labute approximate surface area is 123 Å². The molecule has 2 aromatic rings. The van der Waals surface area contributed by atoms with Gasteiger partial charge in [-0.15, -0.1) is 0 Å². The summed E-state index contributed by atoms with van der Waals surface area (Å²) >= 11 is 0. The Hall–Kier alpha value is -2.74. The first-order valence-electron chi connectivity index (χ1n) is 6.74. The van der Waals surface area contributed by atoms with Gasteiger partial charge in [-0.2, -0.15) is 15.5 Å². The number of nitrogens with one attached hydrogen (secondary N) is 1. The van der Waals surface area contributed by atoms with Crippen LogP contribution in [0.25, 0.3) is 0 Å². The van der Waals surface area contributed by atoms with Gasteiger partial charge in [-0.25, -0.2) is 0 Å². The van der Waals surface area contributed by atoms with E-state index in [4.69, 9.17) is 0 Å². The highest BCUT2D eigenvalue weighted by molar-refractivity contribution is 5.95. The molecule has 1 aromatic heterocycles. The normalized spacial score (nSPS) is 11.5. The van der Waals surface area contributed by atoms with Gasteiger partial charge in [0.2, 0.25) is 0 Å². The fourth-order valence-electron chi connectivity index (χ4n) is 2.02. The molecule has 0 radical (unpaired) electrons. The SMILES string of the molecule is CCc1nnc(C)cc1C(=O)NC(C#N)c1ccccc1. The van der Waals surface area contributed by atoms with E-state index in [1.807, 2.05) is 37.3 Å². The molecule has 0 saturated heterocycles. The molecule has 0 spiro atoms. The van der Waals surface area contributed by atoms with E-state index in [0.717, 1.165) is 5.56 Å². The number of rotatable bonds is 4. The van der Waals surface area contributed by atoms with Crippen LogP contribution in [0.15, 0.2) is 36.4 Å². The Kier molecular flexibility index (Phi) is 4.62. The van der Waals surface area contributed by atoms with Gasteiger partial charge in [-0.05, 0) is 25.0 Å². The number of hydrogen-bond acceptors (Lipinski definition) is 4. The molecule has 0 aliphatic heterocycles. The van der Waals surface area contributed by atoms with Crippen LogP contribution in [0.3, 0.4) is 0 Å². The summed E-state index contributed by atoms with van der Waals surface area (Å²) in [7, 11) is 0. The van der Waals surface area contributed by atoms with Gasteiger partial charge >= 0.3 is 0 Å². The molecule has 21 heavy (non-hydrogen) atoms. The monoisotopic (exact) mass is 280 g/mol. The number of aromatic nitrogens is 2. The molecule has 1 unspecified atom stereocenters. The van der Waals surface area contributed by atoms with Crippen LogP contribution < -0.4 is 5.32 Å². The minimum Gasteiger partial charge on any atom is -0.332 e. The fraction of sp³-hybridized carbons (Fsp3) is 0.250. The van der Waals surface area contributed by atoms with Crippen molar-refractivity contribution in [2.75, 3.05) is 0 Å². The van der Waals surface area contributed by atoms with E-state index in [1.54, 1.807) is 13.0 Å². The maximum atomic E-state index is 12.4. The highest BCUT2D eigenvalue weighted by Gasteiger charge is 2.18. The zero-order valence-electron chi connectivity index (χ0n) is 12.0. The zero-order valence-corrected chi connectivity index (χ0v) is 12.0. The van der Waals surface area contributed by atoms with Crippen molar-refractivity contribution in [1.29, 1.82) is 5.26 Å². The molecule has 0 bridgehead atoms. The van der Waals surface area contributed by atoms with Crippen molar-refractivity contribution in [3.63, 3.8) is 0 Å². The summed E-state index contributed by atoms with van der Waals surface area (Å²) in [5.74, 6) is -0.305. The van der Waals surface area contributed by atoms with Crippen LogP contribution in [0.1, 0.15) is 40.3 Å². The van der Waals surface area contributed by atoms with Crippen LogP contribution >= 0.6 is 0 Å². The van der Waals surface area contributed by atoms with E-state index < -0.39 is 6.04 Å². The van der Waals surface area contributed by atoms with Crippen molar-refractivity contribution in [3.05, 3.63) is 58.9 Å². The molecule has 5 nitrogen and oxygen atoms in total. The van der Waals surface area contributed by atoms with Gasteiger partial charge in [0.1, 0.15) is 6.04 Å². The first-order chi connectivity index (χ1) is 10.2. The van der Waals surface area contributed by atoms with Crippen LogP contribution in [0, 0.1) is 18.3 Å². The van der Waals surface area contributed by atoms with E-state index in [9.17, 15) is 10.1 Å². The Morgan fingerprint density at radius 2 is 2.05 bits per heavy atom. The average molecular weight is 280 g/mol. The molecule has 0 aliphatic carbocycles. The summed E-state index contributed by atoms with van der Waals surface area (Å²) in [5, 5.41) is 20.0. The lowest BCUT2D eigenvalue weighted by molar-refractivity contribution is 0.0943. The first kappa shape index (κ1) is 14.7. The highest BCUT2D eigenvalue weighted by atomic mass is 16.1. The van der Waals surface area contributed by atoms with Crippen molar-refractivity contribution in [2.24, 2.45) is 0 Å². The summed E-state index contributed by atoms with van der Waals surface area (Å²) in [6, 6.07) is 12.3. The smallest absolute Gasteiger partial charge is 0.254 e. The summed E-state index contributed by atoms with van der Waals surface area (Å²) in [6.07, 6.45) is 0.610. The number of nitrogens with zero attached hydrogens (tertiary/aromatic N) is 3. The lowest BCUT2D eigenvalue weighted by Gasteiger charge is -2.13. The maximum Gasteiger partial charge on any atom is 0.254 e. The van der Waals surface area contributed by atoms with Crippen molar-refractivity contribution < 1.29 is 4.79 Å². The van der Waals surface area contributed by atoms with E-state index >= 15 is 0 Å². The first-order valence-corrected chi connectivity index (χ1v) is 6.74. The van der Waals surface area contributed by atoms with E-state index in [1.165, 1.54) is 0 Å². The van der Waals surface area contributed by atoms with Crippen molar-refractivity contribution in [2.45, 2.75) is 26.3 Å². The molecule has 2 rings (SSSR count). The summed E-state index contributed by atoms with van der Waals surface area (Å²) < 4.78 is 0. The van der Waals surface area contributed by atoms with Gasteiger partial charge in [0.15, 0.2) is 0 Å². The number of amides is 1. The number of aryl methyl sites for hydroxylation is 2. The second-order valence-electron chi connectivity index (χ2n) is 4.65. The molecule has 0 saturated carbocycles. The Morgan fingerprint density at radius 1 is 1.33 bits per heavy atom. The van der Waals surface area contributed by atoms with E-state index in [2.05, 4.69) is 21.6 Å². The Balaban J connectivity index is 2.25. The zero-order chi connectivity index (χ0) is 15.2. The van der Waals surface area contributed by atoms with Crippen molar-refractivity contribution in [3.8, 4) is 6.07 Å². The van der Waals surface area contributed by atoms with Crippen LogP contribution in [0.2, 0.25) is 0 Å². The van der Waals surface area contributed by atoms with E-state index in [-0.39, 0.29) is 5.91 Å². The summed E-state index contributed by atoms with van der Waals surface area (Å²) in [5.41, 5.74) is 2.53. The summed E-state index contributed by atoms with van der Waals surface area (Å²) in [6.45, 7) is 3.69. The van der Waals surface area contributed by atoms with Crippen LogP contribution in [0.5, 0.6) is 0 Å². The fourth-order valence-corrected chi connectivity index (χ4v) is 2.02. The molecular formula is C16H16N4O. The number of carbonyl (C=O) groups excluding carboxylic acids is 1. The Morgan fingerprint density at radius 3 is 2.67 bits per heavy atom. The molecule has 5 heteroatoms. The largest absolute Gasteiger partial charge is 0.332 e. The molecule has 1 amide bonds. The topological polar surface area (TPSA) is 78.7 Å². The summed E-state index contributed by atoms with van der Waals surface area (Å²) in [4.78, 5) is 12.4. The molecule has 1 aromatic carbocycles. The standard InChI is InChI=1S/C16H16N4O/c1-3-14-13(9-11(2)19-20-14)16(21)18-15(10-17)12-7-5-4-6-8-12/h4-9,15H,3H2,1-2H3,(H,18,21). The lowest BCUT2D eigenvalue weighted by Crippen LogP contribution is -2.29. The minimum atomic E-state index is -0.683. The number of nitriles is 1. The average Bonchev–Trinajstić information content (AvgIpc) is 2.53. The number of benzene rings is 1. The van der Waals surface area contributed by atoms with Gasteiger partial charge in [-0.3, -0.25) is 4.79 Å². The molecule has 0 fully saturated rings. The third kappa shape index (κ3) is 3.42. The third-order valence-corrected chi connectivity index (χ3v) is 3.11. The quantitative estimate of drug-likeness (QED) is 0.932. The third-order valence-electron chi connectivity index (χ3n) is 3.11. The molecule has 1 N–H and O–H groups in total. The van der Waals surface area contributed by atoms with Crippen LogP contribution in [0.4, 0.5) is 0 Å². The van der Waals surface area contributed by atoms with Gasteiger partial charge < -0.3 is 5.32 Å². The lowest BCUT2D eigenvalue weighted by atomic mass is 10.1. The van der Waals surface area contributed by atoms with E-state index in [0.29, 0.717) is 23.4 Å². The molecule has 1 atom stereocenters. The Bertz CT molecular complexity index is 676. The molecule has 0 aliphatic rings. The predicted octanol–water partition coefficient (Wildman–Crippen LogP) is 2.34. The van der Waals surface area contributed by atoms with Crippen molar-refractivity contribution >= 4 is 5.91 Å². The highest BCUT2D eigenvalue weighted by Crippen LogP contribution is 2.14. The van der Waals surface area contributed by atoms with Crippen LogP contribution in [-0.2, 0) is 6.42 Å². The maximum absolute atomic E-state index is 12.4. The molecule has 1 heterocycles. The number of hydrogen-bond donors (Lipinski definition) is 1. The molecular weight excluding hydrogens is 264 g/mol. The van der Waals surface area contributed by atoms with Gasteiger partial charge in [0.25, 0.3) is 5.91 Å². The van der Waals surface area contributed by atoms with Gasteiger partial charge in [0, 0.05) is 0 Å². The van der Waals surface area contributed by atoms with Gasteiger partial charge in [0.05, 0.1) is 23.0 Å². The second kappa shape index (κ2) is 6.62. The second-order valence-corrected chi connectivity index (χ2v) is 4.65. The number of carbonyl (C=O) groups is 1. The van der Waals surface area contributed by atoms with Gasteiger partial charge in [-0.1, -0.05) is 37.3 Å². The minimum absolute atomic E-state index is 0.305. The molecule has 106 valence electrons. The van der Waals surface area contributed by atoms with Crippen LogP contribution in [-0.4, -0.2) is 16.1 Å².